The van der Waals surface area contributed by atoms with Gasteiger partial charge in [0.25, 0.3) is 11.8 Å². The molecular formula is C28H24N4O3S. The molecule has 8 heteroatoms. The lowest BCUT2D eigenvalue weighted by molar-refractivity contribution is -0.122. The van der Waals surface area contributed by atoms with Crippen LogP contribution < -0.4 is 15.6 Å². The Morgan fingerprint density at radius 1 is 0.833 bits per heavy atom. The summed E-state index contributed by atoms with van der Waals surface area (Å²) in [5.41, 5.74) is 9.99. The minimum Gasteiger partial charge on any atom is -0.457 e. The summed E-state index contributed by atoms with van der Waals surface area (Å²) >= 11 is 1.54. The number of nitrogens with one attached hydrogen (secondary N) is 2. The van der Waals surface area contributed by atoms with E-state index in [0.717, 1.165) is 33.2 Å². The molecule has 5 rings (SSSR count). The number of hydrogen-bond donors (Lipinski definition) is 2. The van der Waals surface area contributed by atoms with E-state index in [4.69, 9.17) is 4.74 Å². The summed E-state index contributed by atoms with van der Waals surface area (Å²) in [5, 5.41) is 0.730. The lowest BCUT2D eigenvalue weighted by atomic mass is 9.87. The van der Waals surface area contributed by atoms with Crippen LogP contribution in [-0.4, -0.2) is 21.8 Å². The van der Waals surface area contributed by atoms with Gasteiger partial charge in [-0.1, -0.05) is 60.3 Å². The first-order valence-corrected chi connectivity index (χ1v) is 12.5. The van der Waals surface area contributed by atoms with Crippen molar-refractivity contribution in [2.45, 2.75) is 30.7 Å². The molecule has 0 unspecified atom stereocenters. The number of benzene rings is 3. The summed E-state index contributed by atoms with van der Waals surface area (Å²) in [5.74, 6) is 0.606. The molecule has 0 saturated heterocycles. The number of rotatable bonds is 5. The number of fused-ring (bicyclic) bond motifs is 2. The Morgan fingerprint density at radius 3 is 2.03 bits per heavy atom. The summed E-state index contributed by atoms with van der Waals surface area (Å²) in [6.07, 6.45) is 0. The second-order valence-corrected chi connectivity index (χ2v) is 9.42. The molecule has 0 bridgehead atoms. The number of carbonyl (C=O) groups excluding carboxylic acids is 2. The third kappa shape index (κ3) is 5.08. The Kier molecular flexibility index (Phi) is 6.69. The average Bonchev–Trinajstić information content (AvgIpc) is 2.88. The Hall–Kier alpha value is -4.17. The van der Waals surface area contributed by atoms with Gasteiger partial charge in [0.15, 0.2) is 5.16 Å². The van der Waals surface area contributed by atoms with Gasteiger partial charge in [0.2, 0.25) is 0 Å². The zero-order valence-electron chi connectivity index (χ0n) is 19.8. The molecule has 1 aliphatic rings. The number of amides is 2. The topological polar surface area (TPSA) is 93.2 Å². The first kappa shape index (κ1) is 23.6. The normalized spacial score (nSPS) is 12.2. The monoisotopic (exact) mass is 496 g/mol. The molecular weight excluding hydrogens is 472 g/mol. The van der Waals surface area contributed by atoms with Crippen LogP contribution in [0.25, 0.3) is 0 Å². The van der Waals surface area contributed by atoms with Gasteiger partial charge in [-0.3, -0.25) is 20.4 Å². The molecule has 3 aromatic carbocycles. The van der Waals surface area contributed by atoms with Crippen LogP contribution in [0.15, 0.2) is 84.0 Å². The molecule has 1 aromatic heterocycles. The Morgan fingerprint density at radius 2 is 1.42 bits per heavy atom. The van der Waals surface area contributed by atoms with E-state index >= 15 is 0 Å². The second-order valence-electron chi connectivity index (χ2n) is 8.47. The van der Waals surface area contributed by atoms with Crippen LogP contribution in [0.4, 0.5) is 0 Å². The standard InChI is InChI=1S/C28H24N4O3S/c1-17-15-18(2)30-28(29-17)36-16-19-11-13-20(14-12-19)26(33)31-32-27(34)25-21-7-3-5-9-23(21)35-24-10-6-4-8-22(24)25/h3-15,25H,16H2,1-2H3,(H,31,33)(H,32,34). The van der Waals surface area contributed by atoms with Gasteiger partial charge in [0.1, 0.15) is 11.5 Å². The van der Waals surface area contributed by atoms with Crippen molar-refractivity contribution < 1.29 is 14.3 Å². The van der Waals surface area contributed by atoms with E-state index in [2.05, 4.69) is 20.8 Å². The van der Waals surface area contributed by atoms with Crippen LogP contribution in [0.3, 0.4) is 0 Å². The maximum absolute atomic E-state index is 13.2. The number of aromatic nitrogens is 2. The van der Waals surface area contributed by atoms with Crippen molar-refractivity contribution in [1.29, 1.82) is 0 Å². The molecule has 0 atom stereocenters. The van der Waals surface area contributed by atoms with Gasteiger partial charge in [-0.05, 0) is 49.7 Å². The molecule has 2 heterocycles. The van der Waals surface area contributed by atoms with Crippen LogP contribution >= 0.6 is 11.8 Å². The number of para-hydroxylation sites is 2. The maximum atomic E-state index is 13.2. The van der Waals surface area contributed by atoms with E-state index in [0.29, 0.717) is 22.8 Å². The van der Waals surface area contributed by atoms with Crippen molar-refractivity contribution in [3.63, 3.8) is 0 Å². The fourth-order valence-electron chi connectivity index (χ4n) is 4.11. The van der Waals surface area contributed by atoms with Crippen molar-refractivity contribution in [2.75, 3.05) is 0 Å². The number of aryl methyl sites for hydroxylation is 2. The largest absolute Gasteiger partial charge is 0.457 e. The van der Waals surface area contributed by atoms with Crippen LogP contribution in [0, 0.1) is 13.8 Å². The number of hydrazine groups is 1. The van der Waals surface area contributed by atoms with Crippen LogP contribution in [0.2, 0.25) is 0 Å². The zero-order valence-corrected chi connectivity index (χ0v) is 20.6. The Balaban J connectivity index is 1.22. The van der Waals surface area contributed by atoms with E-state index in [1.807, 2.05) is 80.6 Å². The quantitative estimate of drug-likeness (QED) is 0.227. The molecule has 0 saturated carbocycles. The average molecular weight is 497 g/mol. The molecule has 2 amide bonds. The summed E-state index contributed by atoms with van der Waals surface area (Å²) in [4.78, 5) is 34.8. The number of carbonyl (C=O) groups is 2. The SMILES string of the molecule is Cc1cc(C)nc(SCc2ccc(C(=O)NNC(=O)C3c4ccccc4Oc4ccccc43)cc2)n1. The molecule has 0 fully saturated rings. The fraction of sp³-hybridized carbons (Fsp3) is 0.143. The highest BCUT2D eigenvalue weighted by Crippen LogP contribution is 2.43. The third-order valence-corrected chi connectivity index (χ3v) is 6.71. The molecule has 0 radical (unpaired) electrons. The van der Waals surface area contributed by atoms with Gasteiger partial charge in [-0.15, -0.1) is 0 Å². The molecule has 4 aromatic rings. The fourth-order valence-corrected chi connectivity index (χ4v) is 5.02. The van der Waals surface area contributed by atoms with Gasteiger partial charge in [0.05, 0.1) is 5.92 Å². The lowest BCUT2D eigenvalue weighted by Gasteiger charge is -2.27. The molecule has 7 nitrogen and oxygen atoms in total. The molecule has 0 spiro atoms. The predicted molar refractivity (Wildman–Crippen MR) is 138 cm³/mol. The van der Waals surface area contributed by atoms with E-state index in [9.17, 15) is 9.59 Å². The van der Waals surface area contributed by atoms with Gasteiger partial charge >= 0.3 is 0 Å². The summed E-state index contributed by atoms with van der Waals surface area (Å²) in [6.45, 7) is 3.90. The highest BCUT2D eigenvalue weighted by atomic mass is 32.2. The number of hydrogen-bond acceptors (Lipinski definition) is 6. The molecule has 1 aliphatic heterocycles. The number of thioether (sulfide) groups is 1. The van der Waals surface area contributed by atoms with E-state index < -0.39 is 11.8 Å². The minimum absolute atomic E-state index is 0.340. The van der Waals surface area contributed by atoms with E-state index in [1.165, 1.54) is 0 Å². The van der Waals surface area contributed by atoms with Gasteiger partial charge in [-0.2, -0.15) is 0 Å². The van der Waals surface area contributed by atoms with Crippen molar-refractivity contribution in [3.05, 3.63) is 113 Å². The lowest BCUT2D eigenvalue weighted by Crippen LogP contribution is -2.44. The van der Waals surface area contributed by atoms with Gasteiger partial charge in [-0.25, -0.2) is 9.97 Å². The van der Waals surface area contributed by atoms with Crippen molar-refractivity contribution in [2.24, 2.45) is 0 Å². The van der Waals surface area contributed by atoms with Crippen LogP contribution in [0.1, 0.15) is 44.4 Å². The van der Waals surface area contributed by atoms with Crippen LogP contribution in [-0.2, 0) is 10.5 Å². The van der Waals surface area contributed by atoms with Crippen LogP contribution in [0.5, 0.6) is 11.5 Å². The Bertz CT molecular complexity index is 1370. The highest BCUT2D eigenvalue weighted by Gasteiger charge is 2.32. The highest BCUT2D eigenvalue weighted by molar-refractivity contribution is 7.98. The smallest absolute Gasteiger partial charge is 0.269 e. The summed E-state index contributed by atoms with van der Waals surface area (Å²) < 4.78 is 5.95. The molecule has 0 aliphatic carbocycles. The van der Waals surface area contributed by atoms with Crippen molar-refractivity contribution in [1.82, 2.24) is 20.8 Å². The second kappa shape index (κ2) is 10.2. The van der Waals surface area contributed by atoms with Crippen molar-refractivity contribution in [3.8, 4) is 11.5 Å². The maximum Gasteiger partial charge on any atom is 0.269 e. The summed E-state index contributed by atoms with van der Waals surface area (Å²) in [6, 6.07) is 24.0. The summed E-state index contributed by atoms with van der Waals surface area (Å²) in [7, 11) is 0. The first-order valence-electron chi connectivity index (χ1n) is 11.5. The molecule has 2 N–H and O–H groups in total. The van der Waals surface area contributed by atoms with Gasteiger partial charge < -0.3 is 4.74 Å². The Labute approximate surface area is 213 Å². The first-order chi connectivity index (χ1) is 17.5. The zero-order chi connectivity index (χ0) is 25.1. The third-order valence-electron chi connectivity index (χ3n) is 5.79. The van der Waals surface area contributed by atoms with Crippen molar-refractivity contribution >= 4 is 23.6 Å². The predicted octanol–water partition coefficient (Wildman–Crippen LogP) is 5.08. The van der Waals surface area contributed by atoms with Gasteiger partial charge in [0, 0.05) is 33.8 Å². The number of nitrogens with zero attached hydrogens (tertiary/aromatic N) is 2. The van der Waals surface area contributed by atoms with E-state index in [1.54, 1.807) is 23.9 Å². The van der Waals surface area contributed by atoms with E-state index in [-0.39, 0.29) is 5.91 Å². The molecule has 36 heavy (non-hydrogen) atoms. The molecule has 180 valence electrons. The number of ether oxygens (including phenoxy) is 1. The minimum atomic E-state index is -0.599.